The fourth-order valence-corrected chi connectivity index (χ4v) is 4.14. The molecule has 4 aromatic rings. The summed E-state index contributed by atoms with van der Waals surface area (Å²) in [6.45, 7) is 3.25. The van der Waals surface area contributed by atoms with Gasteiger partial charge in [0.05, 0.1) is 5.69 Å². The summed E-state index contributed by atoms with van der Waals surface area (Å²) < 4.78 is 4.87. The van der Waals surface area contributed by atoms with Crippen molar-refractivity contribution >= 4 is 5.65 Å². The first-order valence-corrected chi connectivity index (χ1v) is 9.17. The zero-order valence-corrected chi connectivity index (χ0v) is 14.6. The minimum atomic E-state index is 1.10. The van der Waals surface area contributed by atoms with E-state index in [1.165, 1.54) is 52.0 Å². The van der Waals surface area contributed by atoms with Gasteiger partial charge in [0.25, 0.3) is 0 Å². The van der Waals surface area contributed by atoms with Crippen molar-refractivity contribution in [1.29, 1.82) is 0 Å². The van der Waals surface area contributed by atoms with Crippen LogP contribution < -0.4 is 0 Å². The molecule has 5 rings (SSSR count). The number of rotatable bonds is 2. The summed E-state index contributed by atoms with van der Waals surface area (Å²) in [5.74, 6) is 0. The highest BCUT2D eigenvalue weighted by molar-refractivity contribution is 5.78. The molecule has 124 valence electrons. The monoisotopic (exact) mass is 326 g/mol. The summed E-state index contributed by atoms with van der Waals surface area (Å²) in [5.41, 5.74) is 9.55. The molecular weight excluding hydrogens is 304 g/mol. The molecule has 0 bridgehead atoms. The average Bonchev–Trinajstić information content (AvgIpc) is 3.08. The van der Waals surface area contributed by atoms with Crippen LogP contribution in [-0.2, 0) is 13.0 Å². The van der Waals surface area contributed by atoms with Crippen LogP contribution in [0.5, 0.6) is 0 Å². The average molecular weight is 326 g/mol. The molecule has 2 heteroatoms. The molecule has 0 saturated carbocycles. The van der Waals surface area contributed by atoms with Gasteiger partial charge in [0.1, 0.15) is 5.65 Å². The Balaban J connectivity index is 1.74. The Morgan fingerprint density at radius 3 is 2.40 bits per heavy atom. The topological polar surface area (TPSA) is 9.34 Å². The van der Waals surface area contributed by atoms with Gasteiger partial charge in [-0.25, -0.2) is 0 Å². The van der Waals surface area contributed by atoms with Crippen molar-refractivity contribution in [2.45, 2.75) is 32.7 Å². The van der Waals surface area contributed by atoms with E-state index in [1.807, 2.05) is 0 Å². The minimum Gasteiger partial charge on any atom is -0.325 e. The molecule has 0 saturated heterocycles. The second-order valence-electron chi connectivity index (χ2n) is 7.11. The summed E-state index contributed by atoms with van der Waals surface area (Å²) in [4.78, 5) is 0. The molecule has 0 atom stereocenters. The summed E-state index contributed by atoms with van der Waals surface area (Å²) in [7, 11) is 0. The second kappa shape index (κ2) is 5.66. The van der Waals surface area contributed by atoms with E-state index in [0.29, 0.717) is 0 Å². The predicted octanol–water partition coefficient (Wildman–Crippen LogP) is 5.72. The molecule has 3 heterocycles. The standard InChI is InChI=1S/C23H22N2/c1-17-10-12-19(13-11-17)22-16-24-15-21(18-7-3-2-4-8-18)20-9-5-6-14-25(22)23(20)24/h2-4,7-8,10-13,15-16H,5-6,9,14H2,1H3. The molecule has 0 amide bonds. The van der Waals surface area contributed by atoms with Crippen LogP contribution in [-0.4, -0.2) is 8.97 Å². The van der Waals surface area contributed by atoms with Crippen molar-refractivity contribution in [3.63, 3.8) is 0 Å². The lowest BCUT2D eigenvalue weighted by Crippen LogP contribution is -1.98. The Labute approximate surface area is 148 Å². The van der Waals surface area contributed by atoms with E-state index >= 15 is 0 Å². The van der Waals surface area contributed by atoms with Crippen LogP contribution in [0.25, 0.3) is 28.0 Å². The SMILES string of the molecule is Cc1ccc(-c2cn3cc(-c4ccccc4)c4c3n2CCCC4)cc1. The normalized spacial score (nSPS) is 14.0. The van der Waals surface area contributed by atoms with E-state index in [4.69, 9.17) is 0 Å². The molecule has 2 aromatic carbocycles. The van der Waals surface area contributed by atoms with Crippen LogP contribution in [0.2, 0.25) is 0 Å². The highest BCUT2D eigenvalue weighted by Crippen LogP contribution is 2.36. The molecule has 1 aliphatic heterocycles. The molecule has 0 fully saturated rings. The number of hydrogen-bond donors (Lipinski definition) is 0. The Hall–Kier alpha value is -2.74. The van der Waals surface area contributed by atoms with Gasteiger partial charge in [0.2, 0.25) is 0 Å². The summed E-state index contributed by atoms with van der Waals surface area (Å²) in [6, 6.07) is 19.7. The number of imidazole rings is 1. The number of hydrogen-bond acceptors (Lipinski definition) is 0. The first-order valence-electron chi connectivity index (χ1n) is 9.17. The van der Waals surface area contributed by atoms with Crippen LogP contribution >= 0.6 is 0 Å². The summed E-state index contributed by atoms with van der Waals surface area (Å²) in [6.07, 6.45) is 8.29. The number of benzene rings is 2. The van der Waals surface area contributed by atoms with E-state index in [9.17, 15) is 0 Å². The van der Waals surface area contributed by atoms with Gasteiger partial charge < -0.3 is 8.97 Å². The molecule has 0 aliphatic carbocycles. The van der Waals surface area contributed by atoms with Crippen LogP contribution in [0.1, 0.15) is 24.0 Å². The summed E-state index contributed by atoms with van der Waals surface area (Å²) in [5, 5.41) is 0. The van der Waals surface area contributed by atoms with Crippen molar-refractivity contribution in [3.05, 3.63) is 78.1 Å². The molecule has 2 aromatic heterocycles. The third kappa shape index (κ3) is 2.32. The largest absolute Gasteiger partial charge is 0.325 e. The third-order valence-electron chi connectivity index (χ3n) is 5.41. The van der Waals surface area contributed by atoms with Gasteiger partial charge in [-0.2, -0.15) is 0 Å². The van der Waals surface area contributed by atoms with E-state index in [2.05, 4.69) is 82.9 Å². The maximum absolute atomic E-state index is 2.53. The van der Waals surface area contributed by atoms with E-state index in [1.54, 1.807) is 0 Å². The molecule has 0 radical (unpaired) electrons. The molecule has 25 heavy (non-hydrogen) atoms. The lowest BCUT2D eigenvalue weighted by atomic mass is 10.0. The zero-order chi connectivity index (χ0) is 16.8. The third-order valence-corrected chi connectivity index (χ3v) is 5.41. The molecule has 0 unspecified atom stereocenters. The quantitative estimate of drug-likeness (QED) is 0.446. The first kappa shape index (κ1) is 14.6. The van der Waals surface area contributed by atoms with E-state index in [-0.39, 0.29) is 0 Å². The maximum Gasteiger partial charge on any atom is 0.121 e. The molecular formula is C23H22N2. The van der Waals surface area contributed by atoms with Gasteiger partial charge in [-0.1, -0.05) is 60.2 Å². The Bertz CT molecular complexity index is 1030. The van der Waals surface area contributed by atoms with Gasteiger partial charge >= 0.3 is 0 Å². The van der Waals surface area contributed by atoms with Crippen LogP contribution in [0.4, 0.5) is 0 Å². The smallest absolute Gasteiger partial charge is 0.121 e. The van der Waals surface area contributed by atoms with Gasteiger partial charge in [-0.15, -0.1) is 0 Å². The number of nitrogens with zero attached hydrogens (tertiary/aromatic N) is 2. The highest BCUT2D eigenvalue weighted by Gasteiger charge is 2.21. The summed E-state index contributed by atoms with van der Waals surface area (Å²) >= 11 is 0. The lowest BCUT2D eigenvalue weighted by molar-refractivity contribution is 0.647. The molecule has 1 aliphatic rings. The number of aromatic nitrogens is 2. The van der Waals surface area contributed by atoms with Gasteiger partial charge in [-0.3, -0.25) is 0 Å². The van der Waals surface area contributed by atoms with Crippen molar-refractivity contribution in [3.8, 4) is 22.4 Å². The Morgan fingerprint density at radius 1 is 0.800 bits per heavy atom. The van der Waals surface area contributed by atoms with Crippen LogP contribution in [0.3, 0.4) is 0 Å². The van der Waals surface area contributed by atoms with Crippen molar-refractivity contribution in [2.75, 3.05) is 0 Å². The van der Waals surface area contributed by atoms with Crippen LogP contribution in [0, 0.1) is 6.92 Å². The molecule has 0 N–H and O–H groups in total. The van der Waals surface area contributed by atoms with E-state index in [0.717, 1.165) is 13.0 Å². The van der Waals surface area contributed by atoms with Crippen LogP contribution in [0.15, 0.2) is 67.0 Å². The fraction of sp³-hybridized carbons (Fsp3) is 0.217. The van der Waals surface area contributed by atoms with Crippen molar-refractivity contribution < 1.29 is 0 Å². The van der Waals surface area contributed by atoms with E-state index < -0.39 is 0 Å². The Morgan fingerprint density at radius 2 is 1.60 bits per heavy atom. The minimum absolute atomic E-state index is 1.10. The van der Waals surface area contributed by atoms with Gasteiger partial charge in [0, 0.05) is 30.1 Å². The Kier molecular flexibility index (Phi) is 3.30. The van der Waals surface area contributed by atoms with Crippen molar-refractivity contribution in [2.24, 2.45) is 0 Å². The fourth-order valence-electron chi connectivity index (χ4n) is 4.14. The molecule has 2 nitrogen and oxygen atoms in total. The van der Waals surface area contributed by atoms with Gasteiger partial charge in [0.15, 0.2) is 0 Å². The van der Waals surface area contributed by atoms with Gasteiger partial charge in [-0.05, 0) is 37.3 Å². The number of aryl methyl sites for hydroxylation is 3. The lowest BCUT2D eigenvalue weighted by Gasteiger charge is -2.08. The zero-order valence-electron chi connectivity index (χ0n) is 14.6. The van der Waals surface area contributed by atoms with Crippen molar-refractivity contribution in [1.82, 2.24) is 8.97 Å². The maximum atomic E-state index is 2.53. The molecule has 0 spiro atoms. The second-order valence-corrected chi connectivity index (χ2v) is 7.11. The highest BCUT2D eigenvalue weighted by atomic mass is 15.1. The predicted molar refractivity (Wildman–Crippen MR) is 104 cm³/mol. The first-order chi connectivity index (χ1) is 12.3.